The second-order valence-corrected chi connectivity index (χ2v) is 7.54. The molecule has 126 valence electrons. The Kier molecular flexibility index (Phi) is 5.27. The zero-order chi connectivity index (χ0) is 17.1. The number of piperidine rings is 1. The summed E-state index contributed by atoms with van der Waals surface area (Å²) in [4.78, 5) is 27.6. The van der Waals surface area contributed by atoms with Crippen molar-refractivity contribution in [3.8, 4) is 0 Å². The average molecular weight is 341 g/mol. The van der Waals surface area contributed by atoms with Crippen molar-refractivity contribution in [1.29, 1.82) is 0 Å². The molecule has 1 aromatic carbocycles. The van der Waals surface area contributed by atoms with E-state index in [4.69, 9.17) is 0 Å². The molecule has 1 atom stereocenters. The molecule has 3 rings (SSSR count). The van der Waals surface area contributed by atoms with Gasteiger partial charge < -0.3 is 0 Å². The molecule has 0 saturated carbocycles. The fourth-order valence-electron chi connectivity index (χ4n) is 3.37. The lowest BCUT2D eigenvalue weighted by atomic mass is 9.91. The Labute approximate surface area is 147 Å². The van der Waals surface area contributed by atoms with Gasteiger partial charge in [0.15, 0.2) is 11.6 Å². The normalized spacial score (nSPS) is 18.5. The molecule has 1 saturated heterocycles. The first-order valence-corrected chi connectivity index (χ1v) is 9.33. The Bertz CT molecular complexity index is 750. The quantitative estimate of drug-likeness (QED) is 0.759. The molecule has 24 heavy (non-hydrogen) atoms. The molecule has 0 bridgehead atoms. The van der Waals surface area contributed by atoms with Crippen molar-refractivity contribution in [3.63, 3.8) is 0 Å². The van der Waals surface area contributed by atoms with Gasteiger partial charge in [-0.3, -0.25) is 14.5 Å². The van der Waals surface area contributed by atoms with E-state index in [1.807, 2.05) is 36.6 Å². The summed E-state index contributed by atoms with van der Waals surface area (Å²) < 4.78 is 0. The summed E-state index contributed by atoms with van der Waals surface area (Å²) in [7, 11) is 0. The minimum Gasteiger partial charge on any atom is -0.298 e. The lowest BCUT2D eigenvalue weighted by Crippen LogP contribution is -2.38. The van der Waals surface area contributed by atoms with Crippen LogP contribution in [-0.2, 0) is 6.54 Å². The molecule has 1 aliphatic heterocycles. The SMILES string of the molecule is CC(=O)c1cccc(CN2CCCC(C(=O)c3sccc3C)C2)c1. The van der Waals surface area contributed by atoms with Crippen molar-refractivity contribution in [2.75, 3.05) is 13.1 Å². The van der Waals surface area contributed by atoms with Crippen LogP contribution < -0.4 is 0 Å². The Hall–Kier alpha value is -1.78. The predicted molar refractivity (Wildman–Crippen MR) is 97.8 cm³/mol. The zero-order valence-electron chi connectivity index (χ0n) is 14.2. The van der Waals surface area contributed by atoms with E-state index in [-0.39, 0.29) is 11.7 Å². The van der Waals surface area contributed by atoms with Crippen LogP contribution in [0.25, 0.3) is 0 Å². The van der Waals surface area contributed by atoms with Gasteiger partial charge in [0.2, 0.25) is 0 Å². The molecule has 0 amide bonds. The highest BCUT2D eigenvalue weighted by molar-refractivity contribution is 7.12. The second-order valence-electron chi connectivity index (χ2n) is 6.63. The molecular formula is C20H23NO2S. The Morgan fingerprint density at radius 3 is 2.83 bits per heavy atom. The van der Waals surface area contributed by atoms with Crippen molar-refractivity contribution in [1.82, 2.24) is 4.90 Å². The molecule has 1 aromatic heterocycles. The summed E-state index contributed by atoms with van der Waals surface area (Å²) in [6.45, 7) is 6.22. The molecular weight excluding hydrogens is 318 g/mol. The molecule has 3 nitrogen and oxygen atoms in total. The number of ketones is 2. The minimum absolute atomic E-state index is 0.0899. The van der Waals surface area contributed by atoms with E-state index >= 15 is 0 Å². The highest BCUT2D eigenvalue weighted by atomic mass is 32.1. The van der Waals surface area contributed by atoms with Gasteiger partial charge in [0.05, 0.1) is 4.88 Å². The van der Waals surface area contributed by atoms with Crippen LogP contribution in [0.5, 0.6) is 0 Å². The van der Waals surface area contributed by atoms with Gasteiger partial charge in [-0.1, -0.05) is 18.2 Å². The molecule has 2 aromatic rings. The van der Waals surface area contributed by atoms with Crippen molar-refractivity contribution in [2.45, 2.75) is 33.2 Å². The van der Waals surface area contributed by atoms with Crippen LogP contribution in [0.1, 0.15) is 50.9 Å². The lowest BCUT2D eigenvalue weighted by molar-refractivity contribution is 0.0815. The van der Waals surface area contributed by atoms with Gasteiger partial charge in [0.1, 0.15) is 0 Å². The third kappa shape index (κ3) is 3.82. The summed E-state index contributed by atoms with van der Waals surface area (Å²) in [6, 6.07) is 9.84. The molecule has 4 heteroatoms. The fourth-order valence-corrected chi connectivity index (χ4v) is 4.32. The number of nitrogens with zero attached hydrogens (tertiary/aromatic N) is 1. The lowest BCUT2D eigenvalue weighted by Gasteiger charge is -2.32. The van der Waals surface area contributed by atoms with Gasteiger partial charge in [-0.15, -0.1) is 11.3 Å². The first-order chi connectivity index (χ1) is 11.5. The molecule has 2 heterocycles. The number of benzene rings is 1. The molecule has 0 radical (unpaired) electrons. The first kappa shape index (κ1) is 17.1. The number of likely N-dealkylation sites (tertiary alicyclic amines) is 1. The maximum atomic E-state index is 12.8. The summed E-state index contributed by atoms with van der Waals surface area (Å²) in [5.74, 6) is 0.480. The topological polar surface area (TPSA) is 37.4 Å². The first-order valence-electron chi connectivity index (χ1n) is 8.45. The van der Waals surface area contributed by atoms with Gasteiger partial charge in [-0.05, 0) is 61.9 Å². The van der Waals surface area contributed by atoms with E-state index in [1.54, 1.807) is 18.3 Å². The number of thiophene rings is 1. The van der Waals surface area contributed by atoms with E-state index < -0.39 is 0 Å². The van der Waals surface area contributed by atoms with E-state index in [1.165, 1.54) is 0 Å². The van der Waals surface area contributed by atoms with Crippen molar-refractivity contribution < 1.29 is 9.59 Å². The minimum atomic E-state index is 0.0899. The third-order valence-electron chi connectivity index (χ3n) is 4.70. The smallest absolute Gasteiger partial charge is 0.177 e. The second kappa shape index (κ2) is 7.41. The third-order valence-corrected chi connectivity index (χ3v) is 5.73. The van der Waals surface area contributed by atoms with E-state index in [0.717, 1.165) is 54.0 Å². The largest absolute Gasteiger partial charge is 0.298 e. The summed E-state index contributed by atoms with van der Waals surface area (Å²) >= 11 is 1.56. The van der Waals surface area contributed by atoms with Crippen LogP contribution in [-0.4, -0.2) is 29.6 Å². The molecule has 0 N–H and O–H groups in total. The zero-order valence-corrected chi connectivity index (χ0v) is 15.1. The van der Waals surface area contributed by atoms with Crippen LogP contribution in [0.2, 0.25) is 0 Å². The van der Waals surface area contributed by atoms with Crippen LogP contribution in [0, 0.1) is 12.8 Å². The number of hydrogen-bond donors (Lipinski definition) is 0. The maximum Gasteiger partial charge on any atom is 0.177 e. The number of aryl methyl sites for hydroxylation is 1. The number of carbonyl (C=O) groups excluding carboxylic acids is 2. The number of carbonyl (C=O) groups is 2. The van der Waals surface area contributed by atoms with Crippen LogP contribution in [0.15, 0.2) is 35.7 Å². The van der Waals surface area contributed by atoms with Gasteiger partial charge >= 0.3 is 0 Å². The monoisotopic (exact) mass is 341 g/mol. The summed E-state index contributed by atoms with van der Waals surface area (Å²) in [5.41, 5.74) is 2.99. The fraction of sp³-hybridized carbons (Fsp3) is 0.400. The number of Topliss-reactive ketones (excluding diaryl/α,β-unsaturated/α-hetero) is 2. The van der Waals surface area contributed by atoms with Gasteiger partial charge in [0.25, 0.3) is 0 Å². The van der Waals surface area contributed by atoms with Gasteiger partial charge in [-0.25, -0.2) is 0 Å². The average Bonchev–Trinajstić information content (AvgIpc) is 3.00. The van der Waals surface area contributed by atoms with Crippen LogP contribution in [0.4, 0.5) is 0 Å². The summed E-state index contributed by atoms with van der Waals surface area (Å²) in [5, 5.41) is 2.00. The standard InChI is InChI=1S/C20H23NO2S/c1-14-8-10-24-20(14)19(23)18-7-4-9-21(13-18)12-16-5-3-6-17(11-16)15(2)22/h3,5-6,8,10-11,18H,4,7,9,12-13H2,1-2H3. The Balaban J connectivity index is 1.68. The molecule has 0 spiro atoms. The van der Waals surface area contributed by atoms with E-state index in [9.17, 15) is 9.59 Å². The summed E-state index contributed by atoms with van der Waals surface area (Å²) in [6.07, 6.45) is 2.02. The predicted octanol–water partition coefficient (Wildman–Crippen LogP) is 4.35. The molecule has 1 aliphatic rings. The highest BCUT2D eigenvalue weighted by Crippen LogP contribution is 2.26. The van der Waals surface area contributed by atoms with Crippen LogP contribution in [0.3, 0.4) is 0 Å². The van der Waals surface area contributed by atoms with E-state index in [2.05, 4.69) is 11.0 Å². The number of hydrogen-bond acceptors (Lipinski definition) is 4. The van der Waals surface area contributed by atoms with Gasteiger partial charge in [0, 0.05) is 24.6 Å². The van der Waals surface area contributed by atoms with Crippen molar-refractivity contribution >= 4 is 22.9 Å². The maximum absolute atomic E-state index is 12.8. The number of rotatable bonds is 5. The van der Waals surface area contributed by atoms with Crippen molar-refractivity contribution in [3.05, 3.63) is 57.3 Å². The Morgan fingerprint density at radius 2 is 2.12 bits per heavy atom. The molecule has 0 aliphatic carbocycles. The van der Waals surface area contributed by atoms with Crippen LogP contribution >= 0.6 is 11.3 Å². The van der Waals surface area contributed by atoms with E-state index in [0.29, 0.717) is 5.78 Å². The molecule has 1 unspecified atom stereocenters. The van der Waals surface area contributed by atoms with Crippen molar-refractivity contribution in [2.24, 2.45) is 5.92 Å². The molecule has 1 fully saturated rings. The van der Waals surface area contributed by atoms with Gasteiger partial charge in [-0.2, -0.15) is 0 Å². The highest BCUT2D eigenvalue weighted by Gasteiger charge is 2.28. The Morgan fingerprint density at radius 1 is 1.29 bits per heavy atom.